The lowest BCUT2D eigenvalue weighted by Crippen LogP contribution is -2.21. The highest BCUT2D eigenvalue weighted by Crippen LogP contribution is 2.06. The van der Waals surface area contributed by atoms with Crippen LogP contribution >= 0.6 is 0 Å². The first-order valence-corrected chi connectivity index (χ1v) is 6.28. The Bertz CT molecular complexity index is 333. The van der Waals surface area contributed by atoms with Gasteiger partial charge < -0.3 is 14.8 Å². The molecule has 0 saturated heterocycles. The van der Waals surface area contributed by atoms with Gasteiger partial charge in [0, 0.05) is 6.54 Å². The predicted molar refractivity (Wildman–Crippen MR) is 71.6 cm³/mol. The summed E-state index contributed by atoms with van der Waals surface area (Å²) in [7, 11) is 0. The Morgan fingerprint density at radius 3 is 2.50 bits per heavy atom. The van der Waals surface area contributed by atoms with E-state index in [9.17, 15) is 0 Å². The van der Waals surface area contributed by atoms with Gasteiger partial charge in [0.2, 0.25) is 0 Å². The van der Waals surface area contributed by atoms with Crippen LogP contribution in [0.25, 0.3) is 0 Å². The average Bonchev–Trinajstić information content (AvgIpc) is 2.30. The van der Waals surface area contributed by atoms with Crippen molar-refractivity contribution >= 4 is 5.82 Å². The van der Waals surface area contributed by atoms with E-state index in [1.165, 1.54) is 0 Å². The second kappa shape index (κ2) is 7.28. The average molecular weight is 253 g/mol. The van der Waals surface area contributed by atoms with Gasteiger partial charge in [0.25, 0.3) is 0 Å². The Hall–Kier alpha value is -1.20. The molecular weight excluding hydrogens is 230 g/mol. The maximum atomic E-state index is 5.55. The first-order valence-electron chi connectivity index (χ1n) is 6.28. The van der Waals surface area contributed by atoms with Gasteiger partial charge in [-0.1, -0.05) is 0 Å². The summed E-state index contributed by atoms with van der Waals surface area (Å²) in [4.78, 5) is 8.47. The molecule has 0 atom stereocenters. The van der Waals surface area contributed by atoms with Crippen LogP contribution in [0.4, 0.5) is 5.82 Å². The maximum absolute atomic E-state index is 5.55. The van der Waals surface area contributed by atoms with E-state index in [1.54, 1.807) is 12.4 Å². The van der Waals surface area contributed by atoms with Crippen molar-refractivity contribution in [2.24, 2.45) is 0 Å². The molecule has 102 valence electrons. The van der Waals surface area contributed by atoms with E-state index in [-0.39, 0.29) is 5.60 Å². The quantitative estimate of drug-likeness (QED) is 0.755. The molecule has 0 aliphatic heterocycles. The van der Waals surface area contributed by atoms with Gasteiger partial charge in [-0.3, -0.25) is 4.98 Å². The van der Waals surface area contributed by atoms with Crippen LogP contribution in [0.1, 0.15) is 33.4 Å². The van der Waals surface area contributed by atoms with Gasteiger partial charge in [-0.2, -0.15) is 0 Å². The highest BCUT2D eigenvalue weighted by atomic mass is 16.5. The number of nitrogens with zero attached hydrogens (tertiary/aromatic N) is 2. The second-order valence-electron chi connectivity index (χ2n) is 4.94. The monoisotopic (exact) mass is 253 g/mol. The fraction of sp³-hybridized carbons (Fsp3) is 0.692. The summed E-state index contributed by atoms with van der Waals surface area (Å²) in [5.41, 5.74) is 0.712. The van der Waals surface area contributed by atoms with Crippen molar-refractivity contribution in [2.45, 2.75) is 39.9 Å². The molecule has 0 fully saturated rings. The first-order chi connectivity index (χ1) is 8.51. The Labute approximate surface area is 109 Å². The molecule has 0 amide bonds. The molecule has 18 heavy (non-hydrogen) atoms. The minimum Gasteiger partial charge on any atom is -0.373 e. The van der Waals surface area contributed by atoms with Crippen LogP contribution in [0, 0.1) is 0 Å². The fourth-order valence-corrected chi connectivity index (χ4v) is 1.29. The number of ether oxygens (including phenoxy) is 2. The number of nitrogens with one attached hydrogen (secondary N) is 1. The van der Waals surface area contributed by atoms with Gasteiger partial charge in [-0.05, 0) is 27.7 Å². The second-order valence-corrected chi connectivity index (χ2v) is 4.94. The van der Waals surface area contributed by atoms with E-state index in [1.807, 2.05) is 27.7 Å². The van der Waals surface area contributed by atoms with Crippen molar-refractivity contribution in [1.82, 2.24) is 9.97 Å². The summed E-state index contributed by atoms with van der Waals surface area (Å²) in [6, 6.07) is 0. The Kier molecular flexibility index (Phi) is 6.01. The van der Waals surface area contributed by atoms with Gasteiger partial charge in [-0.25, -0.2) is 4.98 Å². The van der Waals surface area contributed by atoms with Crippen molar-refractivity contribution in [3.8, 4) is 0 Å². The number of hydrogen-bond donors (Lipinski definition) is 1. The molecule has 5 heteroatoms. The Morgan fingerprint density at radius 2 is 1.94 bits per heavy atom. The molecule has 0 unspecified atom stereocenters. The Balaban J connectivity index is 2.19. The third-order valence-electron chi connectivity index (χ3n) is 2.08. The molecule has 0 spiro atoms. The third kappa shape index (κ3) is 6.51. The van der Waals surface area contributed by atoms with Gasteiger partial charge in [0.15, 0.2) is 0 Å². The van der Waals surface area contributed by atoms with Crippen molar-refractivity contribution in [1.29, 1.82) is 0 Å². The third-order valence-corrected chi connectivity index (χ3v) is 2.08. The van der Waals surface area contributed by atoms with Gasteiger partial charge in [0.05, 0.1) is 43.5 Å². The molecule has 1 heterocycles. The zero-order valence-corrected chi connectivity index (χ0v) is 11.7. The SMILES string of the molecule is CCNc1cnc(COCCOC(C)(C)C)cn1. The highest BCUT2D eigenvalue weighted by Gasteiger charge is 2.08. The summed E-state index contributed by atoms with van der Waals surface area (Å²) in [5, 5.41) is 3.09. The number of hydrogen-bond acceptors (Lipinski definition) is 5. The molecule has 1 aromatic heterocycles. The van der Waals surface area contributed by atoms with Crippen LogP contribution in [0.2, 0.25) is 0 Å². The maximum Gasteiger partial charge on any atom is 0.144 e. The van der Waals surface area contributed by atoms with Crippen molar-refractivity contribution in [3.63, 3.8) is 0 Å². The fourth-order valence-electron chi connectivity index (χ4n) is 1.29. The van der Waals surface area contributed by atoms with E-state index in [2.05, 4.69) is 15.3 Å². The standard InChI is InChI=1S/C13H23N3O2/c1-5-14-12-9-15-11(8-16-12)10-17-6-7-18-13(2,3)4/h8-9H,5-7,10H2,1-4H3,(H,14,16). The van der Waals surface area contributed by atoms with Gasteiger partial charge in [-0.15, -0.1) is 0 Å². The van der Waals surface area contributed by atoms with Crippen molar-refractivity contribution in [3.05, 3.63) is 18.1 Å². The molecule has 0 aliphatic carbocycles. The number of rotatable bonds is 7. The predicted octanol–water partition coefficient (Wildman–Crippen LogP) is 2.24. The molecular formula is C13H23N3O2. The Morgan fingerprint density at radius 1 is 1.17 bits per heavy atom. The van der Waals surface area contributed by atoms with Crippen molar-refractivity contribution < 1.29 is 9.47 Å². The van der Waals surface area contributed by atoms with Crippen LogP contribution in [0.3, 0.4) is 0 Å². The van der Waals surface area contributed by atoms with E-state index in [4.69, 9.17) is 9.47 Å². The summed E-state index contributed by atoms with van der Waals surface area (Å²) in [6.45, 7) is 10.6. The lowest BCUT2D eigenvalue weighted by atomic mass is 10.2. The molecule has 0 aliphatic rings. The topological polar surface area (TPSA) is 56.3 Å². The van der Waals surface area contributed by atoms with E-state index >= 15 is 0 Å². The first kappa shape index (κ1) is 14.9. The normalized spacial score (nSPS) is 11.6. The summed E-state index contributed by atoms with van der Waals surface area (Å²) in [6.07, 6.45) is 3.44. The molecule has 1 N–H and O–H groups in total. The molecule has 0 radical (unpaired) electrons. The number of anilines is 1. The van der Waals surface area contributed by atoms with Crippen LogP contribution < -0.4 is 5.32 Å². The molecule has 1 rings (SSSR count). The minimum atomic E-state index is -0.114. The molecule has 0 saturated carbocycles. The van der Waals surface area contributed by atoms with E-state index < -0.39 is 0 Å². The zero-order valence-electron chi connectivity index (χ0n) is 11.7. The molecule has 1 aromatic rings. The highest BCUT2D eigenvalue weighted by molar-refractivity contribution is 5.30. The lowest BCUT2D eigenvalue weighted by Gasteiger charge is -2.19. The van der Waals surface area contributed by atoms with Crippen LogP contribution in [0.15, 0.2) is 12.4 Å². The van der Waals surface area contributed by atoms with E-state index in [0.717, 1.165) is 18.1 Å². The number of aromatic nitrogens is 2. The lowest BCUT2D eigenvalue weighted by molar-refractivity contribution is -0.0380. The molecule has 0 aromatic carbocycles. The van der Waals surface area contributed by atoms with Crippen LogP contribution in [-0.2, 0) is 16.1 Å². The minimum absolute atomic E-state index is 0.114. The van der Waals surface area contributed by atoms with E-state index in [0.29, 0.717) is 19.8 Å². The zero-order chi connectivity index (χ0) is 13.4. The van der Waals surface area contributed by atoms with Gasteiger partial charge in [0.1, 0.15) is 5.82 Å². The largest absolute Gasteiger partial charge is 0.373 e. The van der Waals surface area contributed by atoms with Crippen LogP contribution in [-0.4, -0.2) is 35.3 Å². The summed E-state index contributed by atoms with van der Waals surface area (Å²) >= 11 is 0. The summed E-state index contributed by atoms with van der Waals surface area (Å²) < 4.78 is 11.0. The smallest absolute Gasteiger partial charge is 0.144 e. The summed E-state index contributed by atoms with van der Waals surface area (Å²) in [5.74, 6) is 0.789. The molecule has 5 nitrogen and oxygen atoms in total. The molecule has 0 bridgehead atoms. The van der Waals surface area contributed by atoms with Crippen molar-refractivity contribution in [2.75, 3.05) is 25.1 Å². The van der Waals surface area contributed by atoms with Crippen LogP contribution in [0.5, 0.6) is 0 Å². The van der Waals surface area contributed by atoms with Gasteiger partial charge >= 0.3 is 0 Å².